The van der Waals surface area contributed by atoms with Gasteiger partial charge in [0.05, 0.1) is 12.8 Å². The third-order valence-corrected chi connectivity index (χ3v) is 7.06. The number of rotatable bonds is 11. The molecule has 1 saturated carbocycles. The Labute approximate surface area is 218 Å². The fraction of sp³-hybridized carbons (Fsp3) is 0.548. The summed E-state index contributed by atoms with van der Waals surface area (Å²) in [5.74, 6) is 0.891. The highest BCUT2D eigenvalue weighted by atomic mass is 19.1. The Kier molecular flexibility index (Phi) is 14.7. The van der Waals surface area contributed by atoms with E-state index in [0.717, 1.165) is 24.1 Å². The topological polar surface area (TPSA) is 50.7 Å². The number of ether oxygens (including phenoxy) is 1. The average molecular weight is 499 g/mol. The van der Waals surface area contributed by atoms with Crippen LogP contribution in [0.1, 0.15) is 79.6 Å². The molecule has 2 rings (SSSR count). The van der Waals surface area contributed by atoms with Gasteiger partial charge in [-0.1, -0.05) is 90.7 Å². The molecule has 3 atom stereocenters. The quantitative estimate of drug-likeness (QED) is 0.289. The molecule has 0 saturated heterocycles. The van der Waals surface area contributed by atoms with Gasteiger partial charge in [0.25, 0.3) is 0 Å². The van der Waals surface area contributed by atoms with Crippen molar-refractivity contribution in [3.8, 4) is 0 Å². The van der Waals surface area contributed by atoms with Gasteiger partial charge in [0.15, 0.2) is 0 Å². The van der Waals surface area contributed by atoms with Gasteiger partial charge in [-0.05, 0) is 66.9 Å². The van der Waals surface area contributed by atoms with E-state index in [1.54, 1.807) is 19.2 Å². The van der Waals surface area contributed by atoms with Crippen LogP contribution in [0.4, 0.5) is 9.18 Å². The maximum Gasteiger partial charge on any atom is 0.407 e. The second-order valence-corrected chi connectivity index (χ2v) is 9.61. The minimum atomic E-state index is -0.352. The van der Waals surface area contributed by atoms with Crippen LogP contribution in [-0.2, 0) is 4.74 Å². The molecule has 0 spiro atoms. The van der Waals surface area contributed by atoms with E-state index < -0.39 is 0 Å². The molecule has 1 unspecified atom stereocenters. The first-order valence-electron chi connectivity index (χ1n) is 13.0. The van der Waals surface area contributed by atoms with E-state index in [2.05, 4.69) is 49.0 Å². The Morgan fingerprint density at radius 2 is 2.03 bits per heavy atom. The zero-order valence-corrected chi connectivity index (χ0v) is 21.9. The lowest BCUT2D eigenvalue weighted by Crippen LogP contribution is -2.43. The van der Waals surface area contributed by atoms with Gasteiger partial charge in [0.2, 0.25) is 0 Å². The Bertz CT molecular complexity index is 888. The number of methoxy groups -OCH3 is 1. The van der Waals surface area contributed by atoms with Crippen molar-refractivity contribution < 1.29 is 13.9 Å². The number of carbonyl (C=O) groups is 1. The van der Waals surface area contributed by atoms with Crippen LogP contribution in [0.15, 0.2) is 76.8 Å². The van der Waals surface area contributed by atoms with Gasteiger partial charge in [-0.25, -0.2) is 9.18 Å². The van der Waals surface area contributed by atoms with Crippen LogP contribution in [0.5, 0.6) is 0 Å². The molecule has 1 heterocycles. The third-order valence-electron chi connectivity index (χ3n) is 7.06. The van der Waals surface area contributed by atoms with Crippen LogP contribution in [0, 0.1) is 17.8 Å². The van der Waals surface area contributed by atoms with E-state index in [4.69, 9.17) is 4.74 Å². The molecule has 1 amide bonds. The predicted molar refractivity (Wildman–Crippen MR) is 152 cm³/mol. The standard InChI is InChI=1S/C30H43FN2O2.CH4/c1-6-12-26(31)19-23(4)25-15-11-16-27(32-21-25)18-17-22(3)28(7-2)29(33-30(34)35-5)20-24-13-9-8-10-14-24;/h6,12,15-19,21-22,24,28-29H,4,7-11,13-14,20H2,1-3,5H3,(H,33,34);1H4/b12-6-,18-17+,26-19+;/t22-,28?,29+;/m1./s1. The summed E-state index contributed by atoms with van der Waals surface area (Å²) in [7, 11) is 1.43. The summed E-state index contributed by atoms with van der Waals surface area (Å²) in [5, 5.41) is 3.14. The van der Waals surface area contributed by atoms with Gasteiger partial charge in [-0.2, -0.15) is 0 Å². The van der Waals surface area contributed by atoms with Crippen molar-refractivity contribution in [2.45, 2.75) is 85.6 Å². The van der Waals surface area contributed by atoms with Crippen LogP contribution in [0.2, 0.25) is 0 Å². The first-order chi connectivity index (χ1) is 16.9. The second kappa shape index (κ2) is 16.9. The van der Waals surface area contributed by atoms with E-state index in [0.29, 0.717) is 23.8 Å². The van der Waals surface area contributed by atoms with E-state index in [9.17, 15) is 9.18 Å². The fourth-order valence-corrected chi connectivity index (χ4v) is 5.09. The highest BCUT2D eigenvalue weighted by Gasteiger charge is 2.29. The molecular weight excluding hydrogens is 451 g/mol. The van der Waals surface area contributed by atoms with Gasteiger partial charge < -0.3 is 10.1 Å². The summed E-state index contributed by atoms with van der Waals surface area (Å²) in [6.07, 6.45) is 23.2. The number of amides is 1. The predicted octanol–water partition coefficient (Wildman–Crippen LogP) is 8.81. The SMILES string of the molecule is C.C=C(/C=C(F)\C=C/C)C1=CCC=C(/C=C/[C@@H](C)C(CC)[C@H](CC2CCCCC2)NC(=O)OC)N=C1. The molecule has 0 radical (unpaired) electrons. The number of alkyl carbamates (subject to hydrolysis) is 1. The van der Waals surface area contributed by atoms with Crippen LogP contribution in [0.25, 0.3) is 0 Å². The van der Waals surface area contributed by atoms with Crippen molar-refractivity contribution in [3.05, 3.63) is 71.8 Å². The number of aliphatic imine (C=N–C) groups is 1. The van der Waals surface area contributed by atoms with Crippen LogP contribution >= 0.6 is 0 Å². The third kappa shape index (κ3) is 10.5. The van der Waals surface area contributed by atoms with Crippen LogP contribution in [0.3, 0.4) is 0 Å². The van der Waals surface area contributed by atoms with E-state index in [-0.39, 0.29) is 31.3 Å². The van der Waals surface area contributed by atoms with Gasteiger partial charge in [-0.3, -0.25) is 4.99 Å². The first-order valence-corrected chi connectivity index (χ1v) is 13.0. The summed E-state index contributed by atoms with van der Waals surface area (Å²) in [4.78, 5) is 16.7. The highest BCUT2D eigenvalue weighted by Crippen LogP contribution is 2.32. The van der Waals surface area contributed by atoms with Crippen molar-refractivity contribution in [1.29, 1.82) is 0 Å². The number of carbonyl (C=O) groups excluding carboxylic acids is 1. The first kappa shape index (κ1) is 31.3. The maximum absolute atomic E-state index is 13.8. The molecule has 1 aliphatic heterocycles. The molecule has 4 nitrogen and oxygen atoms in total. The molecule has 1 aliphatic carbocycles. The number of nitrogens with zero attached hydrogens (tertiary/aromatic N) is 1. The van der Waals surface area contributed by atoms with E-state index in [1.807, 2.05) is 6.08 Å². The highest BCUT2D eigenvalue weighted by molar-refractivity contribution is 5.87. The molecule has 5 heteroatoms. The number of allylic oxidation sites excluding steroid dienone is 10. The summed E-state index contributed by atoms with van der Waals surface area (Å²) in [6.45, 7) is 10.1. The minimum absolute atomic E-state index is 0. The Morgan fingerprint density at radius 1 is 1.31 bits per heavy atom. The molecule has 1 N–H and O–H groups in total. The number of halogens is 1. The van der Waals surface area contributed by atoms with Crippen molar-refractivity contribution >= 4 is 12.3 Å². The number of nitrogens with one attached hydrogen (secondary N) is 1. The van der Waals surface area contributed by atoms with Gasteiger partial charge >= 0.3 is 6.09 Å². The molecule has 36 heavy (non-hydrogen) atoms. The average Bonchev–Trinajstić information content (AvgIpc) is 3.09. The minimum Gasteiger partial charge on any atom is -0.453 e. The second-order valence-electron chi connectivity index (χ2n) is 9.61. The number of hydrogen-bond donors (Lipinski definition) is 1. The molecule has 0 bridgehead atoms. The summed E-state index contributed by atoms with van der Waals surface area (Å²) < 4.78 is 18.7. The van der Waals surface area contributed by atoms with Gasteiger partial charge in [0, 0.05) is 12.3 Å². The normalized spacial score (nSPS) is 19.6. The molecule has 1 fully saturated rings. The zero-order chi connectivity index (χ0) is 25.6. The molecule has 0 aromatic rings. The van der Waals surface area contributed by atoms with Gasteiger partial charge in [-0.15, -0.1) is 0 Å². The van der Waals surface area contributed by atoms with E-state index in [1.165, 1.54) is 51.4 Å². The van der Waals surface area contributed by atoms with Crippen molar-refractivity contribution in [3.63, 3.8) is 0 Å². The zero-order valence-electron chi connectivity index (χ0n) is 21.9. The molecule has 0 aromatic carbocycles. The molecule has 2 aliphatic rings. The largest absolute Gasteiger partial charge is 0.453 e. The Morgan fingerprint density at radius 3 is 2.67 bits per heavy atom. The van der Waals surface area contributed by atoms with Crippen molar-refractivity contribution in [2.75, 3.05) is 7.11 Å². The summed E-state index contributed by atoms with van der Waals surface area (Å²) in [6, 6.07) is 0.0808. The lowest BCUT2D eigenvalue weighted by molar-refractivity contribution is 0.149. The van der Waals surface area contributed by atoms with Gasteiger partial charge in [0.1, 0.15) is 5.83 Å². The maximum atomic E-state index is 13.8. The molecule has 0 aromatic heterocycles. The van der Waals surface area contributed by atoms with Crippen LogP contribution in [-0.4, -0.2) is 25.5 Å². The summed E-state index contributed by atoms with van der Waals surface area (Å²) >= 11 is 0. The van der Waals surface area contributed by atoms with Crippen molar-refractivity contribution in [2.24, 2.45) is 22.7 Å². The lowest BCUT2D eigenvalue weighted by Gasteiger charge is -2.34. The Balaban J connectivity index is 0.00000648. The van der Waals surface area contributed by atoms with E-state index >= 15 is 0 Å². The lowest BCUT2D eigenvalue weighted by atomic mass is 9.77. The smallest absolute Gasteiger partial charge is 0.407 e. The Hall–Kier alpha value is -2.69. The van der Waals surface area contributed by atoms with Crippen molar-refractivity contribution in [1.82, 2.24) is 5.32 Å². The fourth-order valence-electron chi connectivity index (χ4n) is 5.09. The number of hydrogen-bond acceptors (Lipinski definition) is 3. The summed E-state index contributed by atoms with van der Waals surface area (Å²) in [5.41, 5.74) is 2.29. The molecule has 200 valence electrons. The monoisotopic (exact) mass is 498 g/mol. The molecular formula is C31H47FN2O2. The van der Waals surface area contributed by atoms with Crippen LogP contribution < -0.4 is 5.32 Å².